The minimum atomic E-state index is -4.52. The number of nitrogens with zero attached hydrogens (tertiary/aromatic N) is 2. The number of hydrogen-bond donors (Lipinski definition) is 4. The zero-order valence-corrected chi connectivity index (χ0v) is 16.7. The van der Waals surface area contributed by atoms with Gasteiger partial charge in [0.15, 0.2) is 0 Å². The first-order chi connectivity index (χ1) is 14.8. The maximum absolute atomic E-state index is 12.8. The number of nitrogens with one attached hydrogen (secondary N) is 3. The molecular weight excluding hydrogens is 413 g/mol. The third-order valence-corrected chi connectivity index (χ3v) is 6.26. The van der Waals surface area contributed by atoms with Crippen molar-refractivity contribution in [1.29, 1.82) is 5.26 Å². The van der Waals surface area contributed by atoms with Crippen LogP contribution in [0.2, 0.25) is 0 Å². The topological polar surface area (TPSA) is 115 Å². The zero-order chi connectivity index (χ0) is 22.2. The quantitative estimate of drug-likeness (QED) is 0.559. The second-order valence-corrected chi connectivity index (χ2v) is 8.14. The molecule has 0 aliphatic carbocycles. The van der Waals surface area contributed by atoms with Crippen molar-refractivity contribution in [3.8, 4) is 6.07 Å². The Morgan fingerprint density at radius 2 is 2.00 bits per heavy atom. The van der Waals surface area contributed by atoms with Crippen molar-refractivity contribution in [3.05, 3.63) is 29.8 Å². The van der Waals surface area contributed by atoms with Gasteiger partial charge in [-0.3, -0.25) is 4.79 Å². The van der Waals surface area contributed by atoms with E-state index in [4.69, 9.17) is 10.5 Å². The molecule has 4 unspecified atom stereocenters. The summed E-state index contributed by atoms with van der Waals surface area (Å²) in [7, 11) is 0. The second kappa shape index (κ2) is 8.63. The molecule has 4 rings (SSSR count). The molecule has 0 spiro atoms. The summed E-state index contributed by atoms with van der Waals surface area (Å²) >= 11 is 0. The number of hydrazine groups is 1. The molecule has 11 heteroatoms. The summed E-state index contributed by atoms with van der Waals surface area (Å²) in [5, 5.41) is 17.6. The van der Waals surface area contributed by atoms with Crippen LogP contribution in [-0.2, 0) is 9.53 Å². The Morgan fingerprint density at radius 3 is 2.68 bits per heavy atom. The van der Waals surface area contributed by atoms with Gasteiger partial charge in [0, 0.05) is 24.9 Å². The molecule has 1 aromatic carbocycles. The van der Waals surface area contributed by atoms with E-state index in [1.807, 2.05) is 5.01 Å². The van der Waals surface area contributed by atoms with Crippen LogP contribution < -0.4 is 21.8 Å². The molecule has 3 fully saturated rings. The van der Waals surface area contributed by atoms with Crippen molar-refractivity contribution < 1.29 is 22.7 Å². The fourth-order valence-corrected chi connectivity index (χ4v) is 4.60. The van der Waals surface area contributed by atoms with Crippen molar-refractivity contribution in [2.75, 3.05) is 25.1 Å². The summed E-state index contributed by atoms with van der Waals surface area (Å²) in [6.45, 7) is 1.47. The standard InChI is InChI=1S/C20H25F3N6O2/c21-20(22,23)17(25)11-1-3-13(4-2-11)27-18-16-14(5-7-26-19(16)30)29(28-18)15-10-31-8-6-12(15)9-24/h1-4,12,14-18,27-28H,5-8,10,25H2,(H,26,30)/t12-,14?,15+,16?,17?,18?/m1/s1. The zero-order valence-electron chi connectivity index (χ0n) is 16.7. The minimum Gasteiger partial charge on any atom is -0.380 e. The fraction of sp³-hybridized carbons (Fsp3) is 0.600. The van der Waals surface area contributed by atoms with E-state index in [0.29, 0.717) is 31.9 Å². The van der Waals surface area contributed by atoms with Gasteiger partial charge in [-0.05, 0) is 30.5 Å². The molecule has 8 nitrogen and oxygen atoms in total. The van der Waals surface area contributed by atoms with Crippen LogP contribution in [0.3, 0.4) is 0 Å². The predicted molar refractivity (Wildman–Crippen MR) is 105 cm³/mol. The maximum atomic E-state index is 12.8. The van der Waals surface area contributed by atoms with E-state index in [2.05, 4.69) is 22.1 Å². The smallest absolute Gasteiger partial charge is 0.380 e. The summed E-state index contributed by atoms with van der Waals surface area (Å²) in [4.78, 5) is 12.7. The molecule has 3 heterocycles. The number of hydrogen-bond acceptors (Lipinski definition) is 7. The summed E-state index contributed by atoms with van der Waals surface area (Å²) in [5.74, 6) is -0.745. The fourth-order valence-electron chi connectivity index (χ4n) is 4.60. The van der Waals surface area contributed by atoms with Gasteiger partial charge in [-0.25, -0.2) is 10.4 Å². The highest BCUT2D eigenvalue weighted by Crippen LogP contribution is 2.34. The first-order valence-corrected chi connectivity index (χ1v) is 10.3. The van der Waals surface area contributed by atoms with Crippen molar-refractivity contribution in [2.45, 2.75) is 43.3 Å². The number of carbonyl (C=O) groups is 1. The van der Waals surface area contributed by atoms with E-state index in [1.54, 1.807) is 0 Å². The number of piperidine rings is 1. The van der Waals surface area contributed by atoms with Crippen LogP contribution in [0.15, 0.2) is 24.3 Å². The lowest BCUT2D eigenvalue weighted by Crippen LogP contribution is -2.56. The number of alkyl halides is 3. The molecular formula is C20H25F3N6O2. The van der Waals surface area contributed by atoms with E-state index < -0.39 is 24.3 Å². The molecule has 3 saturated heterocycles. The summed E-state index contributed by atoms with van der Waals surface area (Å²) in [6, 6.07) is 5.68. The molecule has 0 radical (unpaired) electrons. The van der Waals surface area contributed by atoms with E-state index in [1.165, 1.54) is 24.3 Å². The Bertz CT molecular complexity index is 843. The number of carbonyl (C=O) groups excluding carboxylic acids is 1. The van der Waals surface area contributed by atoms with E-state index >= 15 is 0 Å². The van der Waals surface area contributed by atoms with Crippen molar-refractivity contribution in [2.24, 2.45) is 17.6 Å². The van der Waals surface area contributed by atoms with Gasteiger partial charge in [-0.15, -0.1) is 0 Å². The van der Waals surface area contributed by atoms with Gasteiger partial charge in [0.25, 0.3) is 0 Å². The van der Waals surface area contributed by atoms with Gasteiger partial charge in [0.1, 0.15) is 12.2 Å². The number of nitrogens with two attached hydrogens (primary N) is 1. The Kier molecular flexibility index (Phi) is 6.07. The molecule has 1 aromatic rings. The molecule has 168 valence electrons. The van der Waals surface area contributed by atoms with Gasteiger partial charge in [0.2, 0.25) is 5.91 Å². The lowest BCUT2D eigenvalue weighted by atomic mass is 9.88. The Labute approximate surface area is 177 Å². The van der Waals surface area contributed by atoms with Crippen molar-refractivity contribution >= 4 is 11.6 Å². The third kappa shape index (κ3) is 4.34. The van der Waals surface area contributed by atoms with Crippen LogP contribution in [0.5, 0.6) is 0 Å². The largest absolute Gasteiger partial charge is 0.407 e. The molecule has 0 aromatic heterocycles. The van der Waals surface area contributed by atoms with Gasteiger partial charge < -0.3 is 21.1 Å². The highest BCUT2D eigenvalue weighted by Gasteiger charge is 2.51. The van der Waals surface area contributed by atoms with Gasteiger partial charge >= 0.3 is 6.18 Å². The summed E-state index contributed by atoms with van der Waals surface area (Å²) in [5.41, 5.74) is 9.12. The summed E-state index contributed by atoms with van der Waals surface area (Å²) in [6.07, 6.45) is -3.65. The number of rotatable bonds is 4. The first kappa shape index (κ1) is 21.8. The van der Waals surface area contributed by atoms with Crippen LogP contribution in [-0.4, -0.2) is 55.1 Å². The van der Waals surface area contributed by atoms with E-state index in [-0.39, 0.29) is 29.5 Å². The lowest BCUT2D eigenvalue weighted by molar-refractivity contribution is -0.149. The number of amides is 1. The Morgan fingerprint density at radius 1 is 1.26 bits per heavy atom. The molecule has 3 aliphatic rings. The number of nitriles is 1. The molecule has 0 saturated carbocycles. The predicted octanol–water partition coefficient (Wildman–Crippen LogP) is 1.24. The SMILES string of the molecule is N#C[C@H]1CCOC[C@@H]1N1NC(Nc2ccc(C(N)C(F)(F)F)cc2)C2C(=O)NCCC21. The average molecular weight is 438 g/mol. The third-order valence-electron chi connectivity index (χ3n) is 6.26. The van der Waals surface area contributed by atoms with Crippen molar-refractivity contribution in [1.82, 2.24) is 15.8 Å². The number of ether oxygens (including phenoxy) is 1. The number of benzene rings is 1. The minimum absolute atomic E-state index is 0.0384. The van der Waals surface area contributed by atoms with Crippen LogP contribution in [0.4, 0.5) is 18.9 Å². The van der Waals surface area contributed by atoms with E-state index in [9.17, 15) is 23.2 Å². The number of anilines is 1. The lowest BCUT2D eigenvalue weighted by Gasteiger charge is -2.39. The highest BCUT2D eigenvalue weighted by atomic mass is 19.4. The molecule has 1 amide bonds. The molecule has 3 aliphatic heterocycles. The van der Waals surface area contributed by atoms with Gasteiger partial charge in [0.05, 0.1) is 30.6 Å². The first-order valence-electron chi connectivity index (χ1n) is 10.3. The van der Waals surface area contributed by atoms with Gasteiger partial charge in [-0.1, -0.05) is 12.1 Å². The van der Waals surface area contributed by atoms with Crippen LogP contribution in [0.25, 0.3) is 0 Å². The Balaban J connectivity index is 1.52. The van der Waals surface area contributed by atoms with Crippen LogP contribution in [0, 0.1) is 23.2 Å². The normalized spacial score (nSPS) is 32.6. The highest BCUT2D eigenvalue weighted by molar-refractivity contribution is 5.82. The molecule has 6 atom stereocenters. The average Bonchev–Trinajstić information content (AvgIpc) is 3.12. The van der Waals surface area contributed by atoms with Gasteiger partial charge in [-0.2, -0.15) is 18.4 Å². The number of fused-ring (bicyclic) bond motifs is 1. The molecule has 31 heavy (non-hydrogen) atoms. The maximum Gasteiger partial charge on any atom is 0.407 e. The summed E-state index contributed by atoms with van der Waals surface area (Å²) < 4.78 is 44.1. The van der Waals surface area contributed by atoms with Crippen LogP contribution in [0.1, 0.15) is 24.4 Å². The van der Waals surface area contributed by atoms with E-state index in [0.717, 1.165) is 6.42 Å². The Hall–Kier alpha value is -2.39. The monoisotopic (exact) mass is 438 g/mol. The molecule has 5 N–H and O–H groups in total. The van der Waals surface area contributed by atoms with Crippen molar-refractivity contribution in [3.63, 3.8) is 0 Å². The number of halogens is 3. The van der Waals surface area contributed by atoms with Crippen LogP contribution >= 0.6 is 0 Å². The molecule has 0 bridgehead atoms. The second-order valence-electron chi connectivity index (χ2n) is 8.14.